The van der Waals surface area contributed by atoms with Crippen molar-refractivity contribution in [1.29, 1.82) is 0 Å². The van der Waals surface area contributed by atoms with Crippen LogP contribution in [0.2, 0.25) is 0 Å². The largest absolute Gasteiger partial charge is 0.503 e. The summed E-state index contributed by atoms with van der Waals surface area (Å²) in [6, 6.07) is 8.24. The maximum atomic E-state index is 11.0. The first kappa shape index (κ1) is 12.0. The van der Waals surface area contributed by atoms with E-state index in [1.807, 2.05) is 12.1 Å². The number of rotatable bonds is 3. The highest BCUT2D eigenvalue weighted by molar-refractivity contribution is 7.99. The van der Waals surface area contributed by atoms with Crippen LogP contribution in [0.3, 0.4) is 0 Å². The summed E-state index contributed by atoms with van der Waals surface area (Å²) >= 11 is 1.72. The lowest BCUT2D eigenvalue weighted by Gasteiger charge is -2.19. The van der Waals surface area contributed by atoms with Crippen molar-refractivity contribution in [2.45, 2.75) is 17.9 Å². The van der Waals surface area contributed by atoms with Crippen molar-refractivity contribution in [3.05, 3.63) is 47.2 Å². The SMILES string of the molecule is Cc1ccccc1CSC1C=C(O)C(=O)NC1. The zero-order valence-corrected chi connectivity index (χ0v) is 10.5. The molecule has 0 saturated heterocycles. The summed E-state index contributed by atoms with van der Waals surface area (Å²) in [6.07, 6.45) is 1.63. The number of benzene rings is 1. The molecule has 1 aliphatic rings. The van der Waals surface area contributed by atoms with Gasteiger partial charge in [0.15, 0.2) is 5.76 Å². The van der Waals surface area contributed by atoms with Gasteiger partial charge in [0, 0.05) is 17.5 Å². The predicted octanol–water partition coefficient (Wildman–Crippen LogP) is 2.17. The maximum Gasteiger partial charge on any atom is 0.285 e. The van der Waals surface area contributed by atoms with Gasteiger partial charge in [0.05, 0.1) is 0 Å². The number of carbonyl (C=O) groups is 1. The van der Waals surface area contributed by atoms with Crippen LogP contribution >= 0.6 is 11.8 Å². The normalized spacial score (nSPS) is 19.7. The summed E-state index contributed by atoms with van der Waals surface area (Å²) in [7, 11) is 0. The Bertz CT molecular complexity index is 456. The number of carbonyl (C=O) groups excluding carboxylic acids is 1. The summed E-state index contributed by atoms with van der Waals surface area (Å²) in [6.45, 7) is 2.67. The molecule has 0 saturated carbocycles. The average molecular weight is 249 g/mol. The molecule has 0 aromatic heterocycles. The molecule has 1 unspecified atom stereocenters. The summed E-state index contributed by atoms with van der Waals surface area (Å²) < 4.78 is 0. The predicted molar refractivity (Wildman–Crippen MR) is 70.0 cm³/mol. The molecule has 2 N–H and O–H groups in total. The second-order valence-corrected chi connectivity index (χ2v) is 5.27. The summed E-state index contributed by atoms with van der Waals surface area (Å²) in [4.78, 5) is 11.0. The molecule has 4 heteroatoms. The van der Waals surface area contributed by atoms with Crippen LogP contribution in [0.4, 0.5) is 0 Å². The minimum atomic E-state index is -0.377. The van der Waals surface area contributed by atoms with Crippen LogP contribution < -0.4 is 5.32 Å². The van der Waals surface area contributed by atoms with Gasteiger partial charge < -0.3 is 10.4 Å². The highest BCUT2D eigenvalue weighted by Gasteiger charge is 2.19. The third kappa shape index (κ3) is 3.03. The van der Waals surface area contributed by atoms with E-state index in [4.69, 9.17) is 0 Å². The molecule has 1 amide bonds. The van der Waals surface area contributed by atoms with E-state index >= 15 is 0 Å². The number of aryl methyl sites for hydroxylation is 1. The summed E-state index contributed by atoms with van der Waals surface area (Å²) in [5, 5.41) is 12.1. The molecular weight excluding hydrogens is 234 g/mol. The zero-order valence-electron chi connectivity index (χ0n) is 9.64. The average Bonchev–Trinajstić information content (AvgIpc) is 2.32. The summed E-state index contributed by atoms with van der Waals surface area (Å²) in [5.74, 6) is 0.341. The Morgan fingerprint density at radius 3 is 2.94 bits per heavy atom. The lowest BCUT2D eigenvalue weighted by atomic mass is 10.1. The Morgan fingerprint density at radius 1 is 1.47 bits per heavy atom. The summed E-state index contributed by atoms with van der Waals surface area (Å²) in [5.41, 5.74) is 2.57. The van der Waals surface area contributed by atoms with Gasteiger partial charge in [-0.25, -0.2) is 0 Å². The van der Waals surface area contributed by atoms with Crippen molar-refractivity contribution in [2.75, 3.05) is 6.54 Å². The number of hydrogen-bond acceptors (Lipinski definition) is 3. The van der Waals surface area contributed by atoms with E-state index in [2.05, 4.69) is 24.4 Å². The van der Waals surface area contributed by atoms with E-state index in [1.165, 1.54) is 11.1 Å². The van der Waals surface area contributed by atoms with Crippen LogP contribution in [0.15, 0.2) is 36.1 Å². The van der Waals surface area contributed by atoms with Gasteiger partial charge in [-0.3, -0.25) is 4.79 Å². The lowest BCUT2D eigenvalue weighted by Crippen LogP contribution is -2.36. The standard InChI is InChI=1S/C13H15NO2S/c1-9-4-2-3-5-10(9)8-17-11-6-12(15)13(16)14-7-11/h2-6,11,15H,7-8H2,1H3,(H,14,16). The van der Waals surface area contributed by atoms with E-state index < -0.39 is 0 Å². The van der Waals surface area contributed by atoms with Gasteiger partial charge in [-0.15, -0.1) is 11.8 Å². The van der Waals surface area contributed by atoms with E-state index in [0.717, 1.165) is 5.75 Å². The molecule has 3 nitrogen and oxygen atoms in total. The molecule has 1 heterocycles. The molecule has 1 aromatic carbocycles. The Hall–Kier alpha value is -1.42. The molecular formula is C13H15NO2S. The smallest absolute Gasteiger partial charge is 0.285 e. The quantitative estimate of drug-likeness (QED) is 0.863. The van der Waals surface area contributed by atoms with Gasteiger partial charge in [-0.05, 0) is 24.1 Å². The van der Waals surface area contributed by atoms with Gasteiger partial charge in [0.1, 0.15) is 0 Å². The number of hydrogen-bond donors (Lipinski definition) is 2. The monoisotopic (exact) mass is 249 g/mol. The molecule has 90 valence electrons. The molecule has 0 bridgehead atoms. The Labute approximate surface area is 105 Å². The third-order valence-corrected chi connectivity index (χ3v) is 3.96. The molecule has 1 atom stereocenters. The molecule has 1 aromatic rings. The fourth-order valence-corrected chi connectivity index (χ4v) is 2.81. The van der Waals surface area contributed by atoms with Crippen molar-refractivity contribution in [3.8, 4) is 0 Å². The topological polar surface area (TPSA) is 49.3 Å². The van der Waals surface area contributed by atoms with Crippen LogP contribution in [-0.2, 0) is 10.5 Å². The number of aliphatic hydroxyl groups excluding tert-OH is 1. The highest BCUT2D eigenvalue weighted by atomic mass is 32.2. The highest BCUT2D eigenvalue weighted by Crippen LogP contribution is 2.22. The van der Waals surface area contributed by atoms with Crippen molar-refractivity contribution < 1.29 is 9.90 Å². The number of nitrogens with one attached hydrogen (secondary N) is 1. The van der Waals surface area contributed by atoms with Gasteiger partial charge in [0.2, 0.25) is 0 Å². The van der Waals surface area contributed by atoms with Crippen LogP contribution in [0.1, 0.15) is 11.1 Å². The molecule has 2 rings (SSSR count). The second-order valence-electron chi connectivity index (χ2n) is 4.04. The van der Waals surface area contributed by atoms with Crippen molar-refractivity contribution in [3.63, 3.8) is 0 Å². The minimum Gasteiger partial charge on any atom is -0.503 e. The van der Waals surface area contributed by atoms with Crippen LogP contribution in [0, 0.1) is 6.92 Å². The first-order valence-corrected chi connectivity index (χ1v) is 6.57. The van der Waals surface area contributed by atoms with Crippen LogP contribution in [0.25, 0.3) is 0 Å². The van der Waals surface area contributed by atoms with Crippen LogP contribution in [-0.4, -0.2) is 22.8 Å². The number of amides is 1. The van der Waals surface area contributed by atoms with Crippen molar-refractivity contribution >= 4 is 17.7 Å². The lowest BCUT2D eigenvalue weighted by molar-refractivity contribution is -0.120. The molecule has 0 radical (unpaired) electrons. The fraction of sp³-hybridized carbons (Fsp3) is 0.308. The Balaban J connectivity index is 1.96. The molecule has 0 spiro atoms. The van der Waals surface area contributed by atoms with Crippen molar-refractivity contribution in [1.82, 2.24) is 5.32 Å². The maximum absolute atomic E-state index is 11.0. The van der Waals surface area contributed by atoms with Gasteiger partial charge in [0.25, 0.3) is 5.91 Å². The van der Waals surface area contributed by atoms with Crippen molar-refractivity contribution in [2.24, 2.45) is 0 Å². The Kier molecular flexibility index (Phi) is 3.74. The minimum absolute atomic E-state index is 0.146. The first-order valence-electron chi connectivity index (χ1n) is 5.52. The van der Waals surface area contributed by atoms with E-state index in [-0.39, 0.29) is 16.9 Å². The molecule has 0 aliphatic carbocycles. The van der Waals surface area contributed by atoms with E-state index in [1.54, 1.807) is 17.8 Å². The van der Waals surface area contributed by atoms with E-state index in [0.29, 0.717) is 6.54 Å². The molecule has 0 fully saturated rings. The Morgan fingerprint density at radius 2 is 2.24 bits per heavy atom. The van der Waals surface area contributed by atoms with Gasteiger partial charge in [-0.1, -0.05) is 24.3 Å². The van der Waals surface area contributed by atoms with Gasteiger partial charge >= 0.3 is 0 Å². The molecule has 17 heavy (non-hydrogen) atoms. The second kappa shape index (κ2) is 5.27. The number of thioether (sulfide) groups is 1. The van der Waals surface area contributed by atoms with E-state index in [9.17, 15) is 9.90 Å². The molecule has 1 aliphatic heterocycles. The van der Waals surface area contributed by atoms with Crippen LogP contribution in [0.5, 0.6) is 0 Å². The third-order valence-electron chi connectivity index (χ3n) is 2.75. The number of aliphatic hydroxyl groups is 1. The first-order chi connectivity index (χ1) is 8.16. The zero-order chi connectivity index (χ0) is 12.3. The fourth-order valence-electron chi connectivity index (χ4n) is 1.67. The van der Waals surface area contributed by atoms with Gasteiger partial charge in [-0.2, -0.15) is 0 Å².